The lowest BCUT2D eigenvalue weighted by molar-refractivity contribution is 0.833. The first-order valence-corrected chi connectivity index (χ1v) is 7.62. The van der Waals surface area contributed by atoms with Crippen molar-refractivity contribution in [2.24, 2.45) is 0 Å². The first-order chi connectivity index (χ1) is 9.69. The summed E-state index contributed by atoms with van der Waals surface area (Å²) in [4.78, 5) is 11.0. The zero-order chi connectivity index (χ0) is 14.5. The van der Waals surface area contributed by atoms with E-state index in [1.54, 1.807) is 0 Å². The molecule has 0 unspecified atom stereocenters. The van der Waals surface area contributed by atoms with Gasteiger partial charge in [-0.25, -0.2) is 9.97 Å². The number of rotatable bonds is 5. The van der Waals surface area contributed by atoms with Gasteiger partial charge in [-0.3, -0.25) is 0 Å². The van der Waals surface area contributed by atoms with Crippen LogP contribution < -0.4 is 5.32 Å². The van der Waals surface area contributed by atoms with Gasteiger partial charge < -0.3 is 5.32 Å². The fourth-order valence-electron chi connectivity index (χ4n) is 2.00. The van der Waals surface area contributed by atoms with Crippen molar-refractivity contribution in [3.8, 4) is 16.6 Å². The summed E-state index contributed by atoms with van der Waals surface area (Å²) < 4.78 is 0. The summed E-state index contributed by atoms with van der Waals surface area (Å²) >= 11 is 1.47. The van der Waals surface area contributed by atoms with Crippen molar-refractivity contribution in [2.45, 2.75) is 33.6 Å². The number of nitriles is 1. The molecule has 5 heteroatoms. The molecule has 4 nitrogen and oxygen atoms in total. The Morgan fingerprint density at radius 1 is 1.30 bits per heavy atom. The highest BCUT2D eigenvalue weighted by Gasteiger charge is 2.13. The number of aryl methyl sites for hydroxylation is 1. The van der Waals surface area contributed by atoms with Crippen LogP contribution in [0.15, 0.2) is 12.1 Å². The van der Waals surface area contributed by atoms with Gasteiger partial charge in [-0.1, -0.05) is 6.92 Å². The SMILES string of the molecule is CCCc1nc(NCC)c(C)c(-c2ccc(C#N)s2)n1. The van der Waals surface area contributed by atoms with Crippen molar-refractivity contribution in [1.29, 1.82) is 5.26 Å². The zero-order valence-corrected chi connectivity index (χ0v) is 12.8. The van der Waals surface area contributed by atoms with Gasteiger partial charge in [0.15, 0.2) is 0 Å². The molecule has 2 rings (SSSR count). The van der Waals surface area contributed by atoms with E-state index in [1.807, 2.05) is 19.1 Å². The largest absolute Gasteiger partial charge is 0.370 e. The molecule has 0 atom stereocenters. The van der Waals surface area contributed by atoms with Crippen LogP contribution in [0, 0.1) is 18.3 Å². The topological polar surface area (TPSA) is 61.6 Å². The predicted molar refractivity (Wildman–Crippen MR) is 83.0 cm³/mol. The van der Waals surface area contributed by atoms with Crippen LogP contribution in [0.3, 0.4) is 0 Å². The highest BCUT2D eigenvalue weighted by atomic mass is 32.1. The molecule has 0 saturated heterocycles. The first-order valence-electron chi connectivity index (χ1n) is 6.81. The van der Waals surface area contributed by atoms with Crippen LogP contribution >= 0.6 is 11.3 Å². The first kappa shape index (κ1) is 14.5. The molecule has 0 aliphatic heterocycles. The van der Waals surface area contributed by atoms with E-state index in [1.165, 1.54) is 11.3 Å². The van der Waals surface area contributed by atoms with Crippen molar-refractivity contribution >= 4 is 17.2 Å². The molecule has 104 valence electrons. The van der Waals surface area contributed by atoms with Gasteiger partial charge in [0.2, 0.25) is 0 Å². The predicted octanol–water partition coefficient (Wildman–Crippen LogP) is 3.77. The molecule has 0 bridgehead atoms. The van der Waals surface area contributed by atoms with Crippen molar-refractivity contribution in [3.05, 3.63) is 28.4 Å². The number of hydrogen-bond donors (Lipinski definition) is 1. The van der Waals surface area contributed by atoms with Crippen LogP contribution in [0.4, 0.5) is 5.82 Å². The van der Waals surface area contributed by atoms with Gasteiger partial charge in [0.1, 0.15) is 22.6 Å². The van der Waals surface area contributed by atoms with E-state index >= 15 is 0 Å². The molecule has 1 N–H and O–H groups in total. The van der Waals surface area contributed by atoms with E-state index < -0.39 is 0 Å². The Morgan fingerprint density at radius 2 is 2.10 bits per heavy atom. The molecule has 0 amide bonds. The maximum Gasteiger partial charge on any atom is 0.133 e. The van der Waals surface area contributed by atoms with Gasteiger partial charge in [-0.05, 0) is 32.4 Å². The lowest BCUT2D eigenvalue weighted by Crippen LogP contribution is -2.07. The van der Waals surface area contributed by atoms with E-state index in [0.717, 1.165) is 47.2 Å². The molecule has 0 fully saturated rings. The van der Waals surface area contributed by atoms with Gasteiger partial charge in [0.05, 0.1) is 10.6 Å². The quantitative estimate of drug-likeness (QED) is 0.908. The minimum atomic E-state index is 0.708. The van der Waals surface area contributed by atoms with Gasteiger partial charge in [0.25, 0.3) is 0 Å². The molecule has 2 heterocycles. The smallest absolute Gasteiger partial charge is 0.133 e. The molecule has 0 aliphatic carbocycles. The fraction of sp³-hybridized carbons (Fsp3) is 0.400. The molecule has 0 spiro atoms. The second-order valence-corrected chi connectivity index (χ2v) is 5.60. The zero-order valence-electron chi connectivity index (χ0n) is 12.0. The number of thiophene rings is 1. The molecule has 0 radical (unpaired) electrons. The van der Waals surface area contributed by atoms with Crippen LogP contribution in [0.25, 0.3) is 10.6 Å². The van der Waals surface area contributed by atoms with E-state index in [4.69, 9.17) is 5.26 Å². The molecular formula is C15H18N4S. The minimum Gasteiger partial charge on any atom is -0.370 e. The van der Waals surface area contributed by atoms with Crippen LogP contribution in [0.2, 0.25) is 0 Å². The van der Waals surface area contributed by atoms with Crippen LogP contribution in [-0.2, 0) is 6.42 Å². The average Bonchev–Trinajstić information content (AvgIpc) is 2.91. The Morgan fingerprint density at radius 3 is 2.70 bits per heavy atom. The third kappa shape index (κ3) is 2.97. The Labute approximate surface area is 123 Å². The minimum absolute atomic E-state index is 0.708. The van der Waals surface area contributed by atoms with E-state index in [0.29, 0.717) is 4.88 Å². The molecular weight excluding hydrogens is 268 g/mol. The van der Waals surface area contributed by atoms with Crippen LogP contribution in [0.1, 0.15) is 36.5 Å². The normalized spacial score (nSPS) is 10.3. The third-order valence-electron chi connectivity index (χ3n) is 2.96. The van der Waals surface area contributed by atoms with Gasteiger partial charge >= 0.3 is 0 Å². The number of aromatic nitrogens is 2. The Balaban J connectivity index is 2.52. The van der Waals surface area contributed by atoms with Crippen molar-refractivity contribution in [3.63, 3.8) is 0 Å². The molecule has 20 heavy (non-hydrogen) atoms. The monoisotopic (exact) mass is 286 g/mol. The molecule has 2 aromatic rings. The second kappa shape index (κ2) is 6.49. The number of anilines is 1. The molecule has 0 saturated carbocycles. The number of nitrogens with zero attached hydrogens (tertiary/aromatic N) is 3. The lowest BCUT2D eigenvalue weighted by Gasteiger charge is -2.12. The summed E-state index contributed by atoms with van der Waals surface area (Å²) in [5.74, 6) is 1.75. The summed E-state index contributed by atoms with van der Waals surface area (Å²) in [6, 6.07) is 5.98. The maximum absolute atomic E-state index is 8.96. The van der Waals surface area contributed by atoms with E-state index in [2.05, 4.69) is 35.2 Å². The van der Waals surface area contributed by atoms with E-state index in [-0.39, 0.29) is 0 Å². The third-order valence-corrected chi connectivity index (χ3v) is 3.96. The fourth-order valence-corrected chi connectivity index (χ4v) is 2.85. The molecule has 0 aliphatic rings. The highest BCUT2D eigenvalue weighted by molar-refractivity contribution is 7.16. The average molecular weight is 286 g/mol. The van der Waals surface area contributed by atoms with Crippen LogP contribution in [0.5, 0.6) is 0 Å². The number of nitrogens with one attached hydrogen (secondary N) is 1. The standard InChI is InChI=1S/C15H18N4S/c1-4-6-13-18-14(10(3)15(19-13)17-5-2)12-8-7-11(9-16)20-12/h7-8H,4-6H2,1-3H3,(H,17,18,19). The second-order valence-electron chi connectivity index (χ2n) is 4.52. The van der Waals surface area contributed by atoms with Crippen LogP contribution in [-0.4, -0.2) is 16.5 Å². The van der Waals surface area contributed by atoms with E-state index in [9.17, 15) is 0 Å². The van der Waals surface area contributed by atoms with Crippen molar-refractivity contribution in [2.75, 3.05) is 11.9 Å². The molecule has 0 aromatic carbocycles. The van der Waals surface area contributed by atoms with Gasteiger partial charge in [0, 0.05) is 18.5 Å². The number of hydrogen-bond acceptors (Lipinski definition) is 5. The molecule has 2 aromatic heterocycles. The van der Waals surface area contributed by atoms with Crippen molar-refractivity contribution < 1.29 is 0 Å². The van der Waals surface area contributed by atoms with Gasteiger partial charge in [-0.2, -0.15) is 5.26 Å². The summed E-state index contributed by atoms with van der Waals surface area (Å²) in [5.41, 5.74) is 1.98. The Bertz CT molecular complexity index is 640. The highest BCUT2D eigenvalue weighted by Crippen LogP contribution is 2.31. The maximum atomic E-state index is 8.96. The summed E-state index contributed by atoms with van der Waals surface area (Å²) in [5, 5.41) is 12.3. The Kier molecular flexibility index (Phi) is 4.70. The summed E-state index contributed by atoms with van der Waals surface area (Å²) in [6.45, 7) is 7.03. The summed E-state index contributed by atoms with van der Waals surface area (Å²) in [6.07, 6.45) is 1.88. The van der Waals surface area contributed by atoms with Gasteiger partial charge in [-0.15, -0.1) is 11.3 Å². The Hall–Kier alpha value is -1.93. The lowest BCUT2D eigenvalue weighted by atomic mass is 10.2. The summed E-state index contributed by atoms with van der Waals surface area (Å²) in [7, 11) is 0. The van der Waals surface area contributed by atoms with Crippen molar-refractivity contribution in [1.82, 2.24) is 9.97 Å².